The first kappa shape index (κ1) is 13.4. The molecule has 0 spiro atoms. The SMILES string of the molecule is CC(C)SCC(=O)N1CCCC1CC(=O)O. The number of carboxylic acid groups (broad SMARTS) is 1. The summed E-state index contributed by atoms with van der Waals surface area (Å²) in [7, 11) is 0. The summed E-state index contributed by atoms with van der Waals surface area (Å²) in [6, 6.07) is -0.0854. The lowest BCUT2D eigenvalue weighted by molar-refractivity contribution is -0.139. The third-order valence-corrected chi connectivity index (χ3v) is 3.73. The molecule has 1 aliphatic rings. The third-order valence-electron chi connectivity index (χ3n) is 2.65. The van der Waals surface area contributed by atoms with Crippen molar-refractivity contribution in [2.45, 2.75) is 44.4 Å². The van der Waals surface area contributed by atoms with Gasteiger partial charge >= 0.3 is 5.97 Å². The molecule has 0 radical (unpaired) electrons. The molecule has 1 unspecified atom stereocenters. The van der Waals surface area contributed by atoms with Gasteiger partial charge in [0.25, 0.3) is 0 Å². The van der Waals surface area contributed by atoms with Crippen molar-refractivity contribution < 1.29 is 14.7 Å². The Hall–Kier alpha value is -0.710. The Balaban J connectivity index is 2.44. The number of thioether (sulfide) groups is 1. The Labute approximate surface area is 100 Å². The van der Waals surface area contributed by atoms with Gasteiger partial charge in [0.1, 0.15) is 0 Å². The monoisotopic (exact) mass is 245 g/mol. The van der Waals surface area contributed by atoms with Crippen LogP contribution in [0.5, 0.6) is 0 Å². The summed E-state index contributed by atoms with van der Waals surface area (Å²) in [6.07, 6.45) is 1.83. The van der Waals surface area contributed by atoms with Gasteiger partial charge < -0.3 is 10.0 Å². The molecule has 92 valence electrons. The van der Waals surface area contributed by atoms with E-state index in [0.29, 0.717) is 11.0 Å². The van der Waals surface area contributed by atoms with Gasteiger partial charge in [-0.3, -0.25) is 9.59 Å². The number of carboxylic acids is 1. The zero-order chi connectivity index (χ0) is 12.1. The molecule has 1 fully saturated rings. The molecule has 1 rings (SSSR count). The first-order chi connectivity index (χ1) is 7.50. The van der Waals surface area contributed by atoms with E-state index in [-0.39, 0.29) is 18.4 Å². The van der Waals surface area contributed by atoms with Crippen LogP contribution in [0, 0.1) is 0 Å². The number of amides is 1. The van der Waals surface area contributed by atoms with Crippen LogP contribution in [0.3, 0.4) is 0 Å². The van der Waals surface area contributed by atoms with Gasteiger partial charge in [-0.15, -0.1) is 11.8 Å². The smallest absolute Gasteiger partial charge is 0.305 e. The van der Waals surface area contributed by atoms with Crippen molar-refractivity contribution in [2.75, 3.05) is 12.3 Å². The van der Waals surface area contributed by atoms with E-state index in [1.807, 2.05) is 0 Å². The molecule has 1 heterocycles. The molecule has 1 N–H and O–H groups in total. The van der Waals surface area contributed by atoms with Crippen molar-refractivity contribution in [3.8, 4) is 0 Å². The fourth-order valence-corrected chi connectivity index (χ4v) is 2.54. The van der Waals surface area contributed by atoms with E-state index >= 15 is 0 Å². The molecular formula is C11H19NO3S. The van der Waals surface area contributed by atoms with Crippen molar-refractivity contribution in [2.24, 2.45) is 0 Å². The minimum Gasteiger partial charge on any atom is -0.481 e. The van der Waals surface area contributed by atoms with Crippen LogP contribution < -0.4 is 0 Å². The number of carbonyl (C=O) groups is 2. The maximum Gasteiger partial charge on any atom is 0.305 e. The lowest BCUT2D eigenvalue weighted by Gasteiger charge is -2.23. The highest BCUT2D eigenvalue weighted by Crippen LogP contribution is 2.22. The van der Waals surface area contributed by atoms with Crippen LogP contribution in [-0.2, 0) is 9.59 Å². The molecular weight excluding hydrogens is 226 g/mol. The summed E-state index contributed by atoms with van der Waals surface area (Å²) in [6.45, 7) is 4.82. The summed E-state index contributed by atoms with van der Waals surface area (Å²) in [5.74, 6) is -0.267. The molecule has 4 nitrogen and oxygen atoms in total. The average molecular weight is 245 g/mol. The van der Waals surface area contributed by atoms with Crippen LogP contribution >= 0.6 is 11.8 Å². The van der Waals surface area contributed by atoms with Gasteiger partial charge in [0.15, 0.2) is 0 Å². The van der Waals surface area contributed by atoms with E-state index in [9.17, 15) is 9.59 Å². The van der Waals surface area contributed by atoms with E-state index in [2.05, 4.69) is 13.8 Å². The molecule has 0 bridgehead atoms. The standard InChI is InChI=1S/C11H19NO3S/c1-8(2)16-7-10(13)12-5-3-4-9(12)6-11(14)15/h8-9H,3-7H2,1-2H3,(H,14,15). The molecule has 0 aliphatic carbocycles. The zero-order valence-corrected chi connectivity index (χ0v) is 10.6. The van der Waals surface area contributed by atoms with Gasteiger partial charge in [-0.25, -0.2) is 0 Å². The number of carbonyl (C=O) groups excluding carboxylic acids is 1. The third kappa shape index (κ3) is 4.04. The van der Waals surface area contributed by atoms with E-state index in [0.717, 1.165) is 19.4 Å². The van der Waals surface area contributed by atoms with Crippen molar-refractivity contribution in [1.29, 1.82) is 0 Å². The van der Waals surface area contributed by atoms with Gasteiger partial charge in [-0.2, -0.15) is 0 Å². The summed E-state index contributed by atoms with van der Waals surface area (Å²) >= 11 is 1.61. The van der Waals surface area contributed by atoms with Crippen LogP contribution in [-0.4, -0.2) is 45.5 Å². The van der Waals surface area contributed by atoms with Crippen molar-refractivity contribution in [3.63, 3.8) is 0 Å². The molecule has 16 heavy (non-hydrogen) atoms. The Kier molecular flexibility index (Phi) is 5.12. The van der Waals surface area contributed by atoms with Crippen molar-refractivity contribution in [3.05, 3.63) is 0 Å². The Morgan fingerprint density at radius 3 is 2.75 bits per heavy atom. The van der Waals surface area contributed by atoms with E-state index in [4.69, 9.17) is 5.11 Å². The first-order valence-electron chi connectivity index (χ1n) is 5.63. The molecule has 5 heteroatoms. The van der Waals surface area contributed by atoms with Gasteiger partial charge in [0, 0.05) is 12.6 Å². The highest BCUT2D eigenvalue weighted by molar-refractivity contribution is 8.00. The Morgan fingerprint density at radius 2 is 2.19 bits per heavy atom. The van der Waals surface area contributed by atoms with Crippen LogP contribution in [0.1, 0.15) is 33.1 Å². The highest BCUT2D eigenvalue weighted by Gasteiger charge is 2.29. The predicted octanol–water partition coefficient (Wildman–Crippen LogP) is 1.59. The van der Waals surface area contributed by atoms with Crippen LogP contribution in [0.4, 0.5) is 0 Å². The summed E-state index contributed by atoms with van der Waals surface area (Å²) in [5.41, 5.74) is 0. The van der Waals surface area contributed by atoms with Gasteiger partial charge in [-0.05, 0) is 18.1 Å². The molecule has 0 aromatic carbocycles. The number of aliphatic carboxylic acids is 1. The summed E-state index contributed by atoms with van der Waals surface area (Å²) < 4.78 is 0. The number of likely N-dealkylation sites (tertiary alicyclic amines) is 1. The summed E-state index contributed by atoms with van der Waals surface area (Å²) in [4.78, 5) is 24.2. The number of hydrogen-bond acceptors (Lipinski definition) is 3. The highest BCUT2D eigenvalue weighted by atomic mass is 32.2. The summed E-state index contributed by atoms with van der Waals surface area (Å²) in [5, 5.41) is 9.18. The second-order valence-corrected chi connectivity index (χ2v) is 5.91. The number of rotatable bonds is 5. The van der Waals surface area contributed by atoms with Crippen molar-refractivity contribution in [1.82, 2.24) is 4.90 Å². The molecule has 1 aliphatic heterocycles. The van der Waals surface area contributed by atoms with Crippen LogP contribution in [0.25, 0.3) is 0 Å². The lowest BCUT2D eigenvalue weighted by atomic mass is 10.1. The minimum absolute atomic E-state index is 0.0814. The quantitative estimate of drug-likeness (QED) is 0.799. The Morgan fingerprint density at radius 1 is 1.50 bits per heavy atom. The maximum atomic E-state index is 11.9. The predicted molar refractivity (Wildman–Crippen MR) is 64.6 cm³/mol. The maximum absolute atomic E-state index is 11.9. The van der Waals surface area contributed by atoms with Crippen LogP contribution in [0.2, 0.25) is 0 Å². The molecule has 1 atom stereocenters. The average Bonchev–Trinajstić information content (AvgIpc) is 2.61. The van der Waals surface area contributed by atoms with E-state index in [1.165, 1.54) is 0 Å². The normalized spacial score (nSPS) is 20.4. The van der Waals surface area contributed by atoms with Crippen molar-refractivity contribution >= 4 is 23.6 Å². The molecule has 1 amide bonds. The molecule has 0 aromatic heterocycles. The molecule has 0 aromatic rings. The molecule has 1 saturated heterocycles. The van der Waals surface area contributed by atoms with E-state index < -0.39 is 5.97 Å². The fourth-order valence-electron chi connectivity index (χ4n) is 1.90. The van der Waals surface area contributed by atoms with Gasteiger partial charge in [-0.1, -0.05) is 13.8 Å². The number of nitrogens with zero attached hydrogens (tertiary/aromatic N) is 1. The van der Waals surface area contributed by atoms with Crippen LogP contribution in [0.15, 0.2) is 0 Å². The Bertz CT molecular complexity index is 268. The van der Waals surface area contributed by atoms with E-state index in [1.54, 1.807) is 16.7 Å². The minimum atomic E-state index is -0.818. The van der Waals surface area contributed by atoms with Gasteiger partial charge in [0.05, 0.1) is 12.2 Å². The largest absolute Gasteiger partial charge is 0.481 e. The van der Waals surface area contributed by atoms with Gasteiger partial charge in [0.2, 0.25) is 5.91 Å². The zero-order valence-electron chi connectivity index (χ0n) is 9.81. The lowest BCUT2D eigenvalue weighted by Crippen LogP contribution is -2.38. The number of hydrogen-bond donors (Lipinski definition) is 1. The first-order valence-corrected chi connectivity index (χ1v) is 6.68. The molecule has 0 saturated carbocycles. The topological polar surface area (TPSA) is 57.6 Å². The fraction of sp³-hybridized carbons (Fsp3) is 0.818. The second kappa shape index (κ2) is 6.13. The second-order valence-electron chi connectivity index (χ2n) is 4.34.